The fourth-order valence-corrected chi connectivity index (χ4v) is 5.52. The van der Waals surface area contributed by atoms with E-state index in [1.807, 2.05) is 5.01 Å². The van der Waals surface area contributed by atoms with Gasteiger partial charge in [0.2, 0.25) is 21.8 Å². The predicted octanol–water partition coefficient (Wildman–Crippen LogP) is 1.95. The Kier molecular flexibility index (Phi) is 7.26. The van der Waals surface area contributed by atoms with Crippen LogP contribution in [0.5, 0.6) is 0 Å². The van der Waals surface area contributed by atoms with Crippen LogP contribution in [0.1, 0.15) is 45.4 Å². The molecule has 2 amide bonds. The van der Waals surface area contributed by atoms with E-state index in [1.165, 1.54) is 29.8 Å². The van der Waals surface area contributed by atoms with Gasteiger partial charge in [-0.2, -0.15) is 4.31 Å². The maximum absolute atomic E-state index is 13.0. The van der Waals surface area contributed by atoms with Crippen molar-refractivity contribution in [2.24, 2.45) is 5.92 Å². The minimum atomic E-state index is -3.62. The third-order valence-corrected chi connectivity index (χ3v) is 7.29. The maximum atomic E-state index is 13.0. The van der Waals surface area contributed by atoms with Crippen molar-refractivity contribution in [3.8, 4) is 0 Å². The molecule has 1 aromatic carbocycles. The molecule has 0 aromatic heterocycles. The smallest absolute Gasteiger partial charge is 0.243 e. The number of carbonyl (C=O) groups is 2. The van der Waals surface area contributed by atoms with Crippen LogP contribution in [-0.4, -0.2) is 55.7 Å². The molecule has 1 aromatic rings. The largest absolute Gasteiger partial charge is 0.326 e. The summed E-state index contributed by atoms with van der Waals surface area (Å²) in [5, 5.41) is 4.60. The molecule has 1 unspecified atom stereocenters. The summed E-state index contributed by atoms with van der Waals surface area (Å²) in [6.45, 7) is 3.97. The van der Waals surface area contributed by atoms with E-state index in [4.69, 9.17) is 0 Å². The van der Waals surface area contributed by atoms with Gasteiger partial charge in [0.15, 0.2) is 0 Å². The van der Waals surface area contributed by atoms with E-state index in [1.54, 1.807) is 12.1 Å². The van der Waals surface area contributed by atoms with Gasteiger partial charge in [-0.3, -0.25) is 15.0 Å². The lowest BCUT2D eigenvalue weighted by Crippen LogP contribution is -2.47. The Morgan fingerprint density at radius 1 is 1.03 bits per heavy atom. The standard InChI is InChI=1S/C20H30N4O4S/c1-16(25)21-18-7-9-19(10-8-18)29(27,28)24-13-5-6-17(15-24)14-20(26)22-23-11-3-2-4-12-23/h7-10,17H,2-6,11-15H2,1H3,(H,21,25)(H,22,26). The monoisotopic (exact) mass is 422 g/mol. The summed E-state index contributed by atoms with van der Waals surface area (Å²) in [5.41, 5.74) is 3.52. The lowest BCUT2D eigenvalue weighted by molar-refractivity contribution is -0.127. The van der Waals surface area contributed by atoms with E-state index < -0.39 is 10.0 Å². The molecule has 3 rings (SSSR count). The highest BCUT2D eigenvalue weighted by Gasteiger charge is 2.31. The van der Waals surface area contributed by atoms with Crippen LogP contribution < -0.4 is 10.7 Å². The number of nitrogens with zero attached hydrogens (tertiary/aromatic N) is 2. The molecule has 0 saturated carbocycles. The molecule has 160 valence electrons. The molecule has 1 atom stereocenters. The average molecular weight is 423 g/mol. The van der Waals surface area contributed by atoms with Crippen molar-refractivity contribution in [3.05, 3.63) is 24.3 Å². The van der Waals surface area contributed by atoms with Gasteiger partial charge in [0, 0.05) is 45.2 Å². The Balaban J connectivity index is 1.58. The first kappa shape index (κ1) is 21.7. The Bertz CT molecular complexity index is 819. The number of piperidine rings is 2. The van der Waals surface area contributed by atoms with Gasteiger partial charge in [-0.05, 0) is 55.9 Å². The van der Waals surface area contributed by atoms with Crippen LogP contribution in [0.2, 0.25) is 0 Å². The highest BCUT2D eigenvalue weighted by Crippen LogP contribution is 2.26. The van der Waals surface area contributed by atoms with Crippen LogP contribution in [0.15, 0.2) is 29.2 Å². The molecule has 0 radical (unpaired) electrons. The number of hydrazine groups is 1. The molecule has 2 fully saturated rings. The number of rotatable bonds is 6. The molecular formula is C20H30N4O4S. The zero-order valence-corrected chi connectivity index (χ0v) is 17.7. The maximum Gasteiger partial charge on any atom is 0.243 e. The van der Waals surface area contributed by atoms with Crippen molar-refractivity contribution in [2.75, 3.05) is 31.5 Å². The average Bonchev–Trinajstić information content (AvgIpc) is 2.69. The van der Waals surface area contributed by atoms with Crippen LogP contribution in [0, 0.1) is 5.92 Å². The molecule has 2 aliphatic rings. The summed E-state index contributed by atoms with van der Waals surface area (Å²) in [6, 6.07) is 6.18. The topological polar surface area (TPSA) is 98.8 Å². The number of carbonyl (C=O) groups excluding carboxylic acids is 2. The van der Waals surface area contributed by atoms with Gasteiger partial charge in [0.1, 0.15) is 0 Å². The van der Waals surface area contributed by atoms with E-state index in [9.17, 15) is 18.0 Å². The van der Waals surface area contributed by atoms with Gasteiger partial charge >= 0.3 is 0 Å². The number of nitrogens with one attached hydrogen (secondary N) is 2. The fourth-order valence-electron chi connectivity index (χ4n) is 3.96. The summed E-state index contributed by atoms with van der Waals surface area (Å²) in [7, 11) is -3.62. The van der Waals surface area contributed by atoms with Crippen molar-refractivity contribution >= 4 is 27.5 Å². The van der Waals surface area contributed by atoms with Gasteiger partial charge in [0.25, 0.3) is 0 Å². The second-order valence-electron chi connectivity index (χ2n) is 7.86. The Morgan fingerprint density at radius 2 is 1.72 bits per heavy atom. The number of hydrogen-bond donors (Lipinski definition) is 2. The molecule has 29 heavy (non-hydrogen) atoms. The van der Waals surface area contributed by atoms with Crippen molar-refractivity contribution < 1.29 is 18.0 Å². The molecule has 0 aliphatic carbocycles. The van der Waals surface area contributed by atoms with E-state index >= 15 is 0 Å². The van der Waals surface area contributed by atoms with Crippen LogP contribution in [-0.2, 0) is 19.6 Å². The first-order chi connectivity index (χ1) is 13.8. The van der Waals surface area contributed by atoms with E-state index in [-0.39, 0.29) is 22.6 Å². The Morgan fingerprint density at radius 3 is 2.38 bits per heavy atom. The van der Waals surface area contributed by atoms with Gasteiger partial charge in [-0.1, -0.05) is 6.42 Å². The van der Waals surface area contributed by atoms with Gasteiger partial charge in [-0.15, -0.1) is 0 Å². The highest BCUT2D eigenvalue weighted by molar-refractivity contribution is 7.89. The quantitative estimate of drug-likeness (QED) is 0.730. The second-order valence-corrected chi connectivity index (χ2v) is 9.80. The molecule has 8 nitrogen and oxygen atoms in total. The lowest BCUT2D eigenvalue weighted by atomic mass is 9.96. The van der Waals surface area contributed by atoms with Gasteiger partial charge < -0.3 is 5.32 Å². The van der Waals surface area contributed by atoms with E-state index in [2.05, 4.69) is 10.7 Å². The molecular weight excluding hydrogens is 392 g/mol. The van der Waals surface area contributed by atoms with Crippen LogP contribution in [0.4, 0.5) is 5.69 Å². The van der Waals surface area contributed by atoms with Gasteiger partial charge in [0.05, 0.1) is 4.90 Å². The summed E-state index contributed by atoms with van der Waals surface area (Å²) >= 11 is 0. The first-order valence-electron chi connectivity index (χ1n) is 10.3. The fraction of sp³-hybridized carbons (Fsp3) is 0.600. The predicted molar refractivity (Wildman–Crippen MR) is 110 cm³/mol. The number of benzene rings is 1. The zero-order chi connectivity index (χ0) is 20.9. The lowest BCUT2D eigenvalue weighted by Gasteiger charge is -2.32. The Labute approximate surface area is 172 Å². The normalized spacial score (nSPS) is 21.5. The molecule has 2 aliphatic heterocycles. The van der Waals surface area contributed by atoms with Crippen molar-refractivity contribution in [2.45, 2.75) is 50.3 Å². The number of hydrogen-bond acceptors (Lipinski definition) is 5. The van der Waals surface area contributed by atoms with Crippen LogP contribution in [0.3, 0.4) is 0 Å². The number of amides is 2. The van der Waals surface area contributed by atoms with Crippen LogP contribution in [0.25, 0.3) is 0 Å². The summed E-state index contributed by atoms with van der Waals surface area (Å²) in [6.07, 6.45) is 5.32. The molecule has 2 heterocycles. The van der Waals surface area contributed by atoms with Crippen molar-refractivity contribution in [1.82, 2.24) is 14.7 Å². The highest BCUT2D eigenvalue weighted by atomic mass is 32.2. The molecule has 2 N–H and O–H groups in total. The number of anilines is 1. The van der Waals surface area contributed by atoms with Crippen LogP contribution >= 0.6 is 0 Å². The zero-order valence-electron chi connectivity index (χ0n) is 16.9. The minimum absolute atomic E-state index is 0.0157. The van der Waals surface area contributed by atoms with Gasteiger partial charge in [-0.25, -0.2) is 13.4 Å². The van der Waals surface area contributed by atoms with E-state index in [0.717, 1.165) is 38.8 Å². The first-order valence-corrected chi connectivity index (χ1v) is 11.7. The SMILES string of the molecule is CC(=O)Nc1ccc(S(=O)(=O)N2CCCC(CC(=O)NN3CCCCC3)C2)cc1. The van der Waals surface area contributed by atoms with Crippen molar-refractivity contribution in [1.29, 1.82) is 0 Å². The molecule has 9 heteroatoms. The third-order valence-electron chi connectivity index (χ3n) is 5.41. The van der Waals surface area contributed by atoms with E-state index in [0.29, 0.717) is 25.2 Å². The number of sulfonamides is 1. The molecule has 2 saturated heterocycles. The van der Waals surface area contributed by atoms with Crippen molar-refractivity contribution in [3.63, 3.8) is 0 Å². The molecule has 0 bridgehead atoms. The summed E-state index contributed by atoms with van der Waals surface area (Å²) in [5.74, 6) is -0.222. The summed E-state index contributed by atoms with van der Waals surface area (Å²) in [4.78, 5) is 23.7. The third kappa shape index (κ3) is 6.01. The summed E-state index contributed by atoms with van der Waals surface area (Å²) < 4.78 is 27.5. The second kappa shape index (κ2) is 9.69. The minimum Gasteiger partial charge on any atom is -0.326 e. The Hall–Kier alpha value is -1.97. The molecule has 0 spiro atoms.